The number of ketones is 1. The molecule has 0 saturated heterocycles. The molecule has 0 spiro atoms. The summed E-state index contributed by atoms with van der Waals surface area (Å²) in [6.07, 6.45) is 1.28. The predicted molar refractivity (Wildman–Crippen MR) is 64.8 cm³/mol. The van der Waals surface area contributed by atoms with Gasteiger partial charge in [0.15, 0.2) is 0 Å². The van der Waals surface area contributed by atoms with Crippen molar-refractivity contribution >= 4 is 23.1 Å². The maximum Gasteiger partial charge on any atom is 0.130 e. The number of hydrogen-bond acceptors (Lipinski definition) is 2. The molecule has 0 N–H and O–H groups in total. The van der Waals surface area contributed by atoms with Crippen LogP contribution >= 0.6 is 11.6 Å². The lowest BCUT2D eigenvalue weighted by molar-refractivity contribution is -0.116. The first-order valence-electron chi connectivity index (χ1n) is 4.96. The standard InChI is InChI=1S/C12H16ClNO/c1-9(15)4-5-10-6-7-11(14(2)3)8-12(10)13/h6-8H,4-5H2,1-3H3. The van der Waals surface area contributed by atoms with Crippen molar-refractivity contribution in [2.24, 2.45) is 0 Å². The maximum absolute atomic E-state index is 10.9. The lowest BCUT2D eigenvalue weighted by atomic mass is 10.1. The highest BCUT2D eigenvalue weighted by molar-refractivity contribution is 6.31. The van der Waals surface area contributed by atoms with Crippen LogP contribution in [-0.2, 0) is 11.2 Å². The molecule has 3 heteroatoms. The first-order valence-corrected chi connectivity index (χ1v) is 5.33. The summed E-state index contributed by atoms with van der Waals surface area (Å²) in [6, 6.07) is 5.93. The molecule has 82 valence electrons. The number of carbonyl (C=O) groups excluding carboxylic acids is 1. The van der Waals surface area contributed by atoms with Gasteiger partial charge in [-0.3, -0.25) is 0 Å². The Kier molecular flexibility index (Phi) is 4.15. The molecule has 0 radical (unpaired) electrons. The monoisotopic (exact) mass is 225 g/mol. The molecule has 0 fully saturated rings. The van der Waals surface area contributed by atoms with Gasteiger partial charge in [0.05, 0.1) is 0 Å². The van der Waals surface area contributed by atoms with Crippen molar-refractivity contribution in [3.05, 3.63) is 28.8 Å². The Bertz CT molecular complexity index is 361. The van der Waals surface area contributed by atoms with Crippen LogP contribution in [0.5, 0.6) is 0 Å². The van der Waals surface area contributed by atoms with Gasteiger partial charge in [0.2, 0.25) is 0 Å². The molecule has 0 aliphatic rings. The average Bonchev–Trinajstić information content (AvgIpc) is 2.15. The number of hydrogen-bond donors (Lipinski definition) is 0. The zero-order chi connectivity index (χ0) is 11.4. The van der Waals surface area contributed by atoms with E-state index in [1.165, 1.54) is 0 Å². The predicted octanol–water partition coefficient (Wildman–Crippen LogP) is 2.93. The van der Waals surface area contributed by atoms with Crippen molar-refractivity contribution < 1.29 is 4.79 Å². The number of benzene rings is 1. The summed E-state index contributed by atoms with van der Waals surface area (Å²) in [4.78, 5) is 12.9. The highest BCUT2D eigenvalue weighted by Crippen LogP contribution is 2.23. The summed E-state index contributed by atoms with van der Waals surface area (Å²) in [7, 11) is 3.95. The van der Waals surface area contributed by atoms with Crippen molar-refractivity contribution in [2.75, 3.05) is 19.0 Å². The number of anilines is 1. The molecule has 0 aromatic heterocycles. The number of Topliss-reactive ketones (excluding diaryl/α,β-unsaturated/α-hetero) is 1. The zero-order valence-electron chi connectivity index (χ0n) is 9.38. The van der Waals surface area contributed by atoms with Gasteiger partial charge in [-0.05, 0) is 31.0 Å². The first kappa shape index (κ1) is 12.1. The third-order valence-corrected chi connectivity index (χ3v) is 2.65. The second kappa shape index (κ2) is 5.17. The van der Waals surface area contributed by atoms with Crippen molar-refractivity contribution in [1.29, 1.82) is 0 Å². The Morgan fingerprint density at radius 3 is 2.53 bits per heavy atom. The fourth-order valence-corrected chi connectivity index (χ4v) is 1.60. The van der Waals surface area contributed by atoms with Gasteiger partial charge < -0.3 is 9.69 Å². The Morgan fingerprint density at radius 1 is 1.40 bits per heavy atom. The third-order valence-electron chi connectivity index (χ3n) is 2.30. The van der Waals surface area contributed by atoms with Crippen LogP contribution in [0.4, 0.5) is 5.69 Å². The van der Waals surface area contributed by atoms with E-state index in [0.29, 0.717) is 6.42 Å². The molecule has 2 nitrogen and oxygen atoms in total. The molecule has 0 saturated carbocycles. The summed E-state index contributed by atoms with van der Waals surface area (Å²) < 4.78 is 0. The van der Waals surface area contributed by atoms with Gasteiger partial charge in [-0.1, -0.05) is 17.7 Å². The fraction of sp³-hybridized carbons (Fsp3) is 0.417. The first-order chi connectivity index (χ1) is 7.00. The minimum Gasteiger partial charge on any atom is -0.378 e. The molecule has 0 bridgehead atoms. The van der Waals surface area contributed by atoms with E-state index >= 15 is 0 Å². The van der Waals surface area contributed by atoms with Gasteiger partial charge in [-0.15, -0.1) is 0 Å². The van der Waals surface area contributed by atoms with Crippen LogP contribution in [0, 0.1) is 0 Å². The van der Waals surface area contributed by atoms with Gasteiger partial charge in [0.25, 0.3) is 0 Å². The lowest BCUT2D eigenvalue weighted by Gasteiger charge is -2.14. The Labute approximate surface area is 95.8 Å². The minimum atomic E-state index is 0.197. The fourth-order valence-electron chi connectivity index (χ4n) is 1.33. The molecule has 1 aromatic carbocycles. The van der Waals surface area contributed by atoms with E-state index in [0.717, 1.165) is 22.7 Å². The maximum atomic E-state index is 10.9. The SMILES string of the molecule is CC(=O)CCc1ccc(N(C)C)cc1Cl. The number of rotatable bonds is 4. The Morgan fingerprint density at radius 2 is 2.07 bits per heavy atom. The van der Waals surface area contributed by atoms with Crippen LogP contribution in [-0.4, -0.2) is 19.9 Å². The van der Waals surface area contributed by atoms with Crippen LogP contribution in [0.1, 0.15) is 18.9 Å². The average molecular weight is 226 g/mol. The highest BCUT2D eigenvalue weighted by atomic mass is 35.5. The van der Waals surface area contributed by atoms with Gasteiger partial charge in [-0.2, -0.15) is 0 Å². The quantitative estimate of drug-likeness (QED) is 0.786. The molecule has 1 rings (SSSR count). The summed E-state index contributed by atoms with van der Waals surface area (Å²) >= 11 is 6.12. The van der Waals surface area contributed by atoms with Crippen LogP contribution in [0.15, 0.2) is 18.2 Å². The largest absolute Gasteiger partial charge is 0.378 e. The minimum absolute atomic E-state index is 0.197. The van der Waals surface area contributed by atoms with Crippen molar-refractivity contribution in [3.8, 4) is 0 Å². The molecule has 1 aromatic rings. The van der Waals surface area contributed by atoms with E-state index in [-0.39, 0.29) is 5.78 Å². The van der Waals surface area contributed by atoms with Crippen molar-refractivity contribution in [1.82, 2.24) is 0 Å². The van der Waals surface area contributed by atoms with E-state index in [9.17, 15) is 4.79 Å². The van der Waals surface area contributed by atoms with Crippen LogP contribution in [0.3, 0.4) is 0 Å². The Hall–Kier alpha value is -1.02. The highest BCUT2D eigenvalue weighted by Gasteiger charge is 2.04. The smallest absolute Gasteiger partial charge is 0.130 e. The van der Waals surface area contributed by atoms with Crippen LogP contribution in [0.25, 0.3) is 0 Å². The molecule has 0 aliphatic heterocycles. The summed E-state index contributed by atoms with van der Waals surface area (Å²) in [5.74, 6) is 0.197. The molecule has 15 heavy (non-hydrogen) atoms. The summed E-state index contributed by atoms with van der Waals surface area (Å²) in [5, 5.41) is 0.738. The summed E-state index contributed by atoms with van der Waals surface area (Å²) in [6.45, 7) is 1.60. The topological polar surface area (TPSA) is 20.3 Å². The second-order valence-corrected chi connectivity index (χ2v) is 4.28. The zero-order valence-corrected chi connectivity index (χ0v) is 10.1. The lowest BCUT2D eigenvalue weighted by Crippen LogP contribution is -2.08. The molecule has 0 aliphatic carbocycles. The van der Waals surface area contributed by atoms with Crippen molar-refractivity contribution in [3.63, 3.8) is 0 Å². The van der Waals surface area contributed by atoms with Gasteiger partial charge in [-0.25, -0.2) is 0 Å². The van der Waals surface area contributed by atoms with E-state index in [4.69, 9.17) is 11.6 Å². The number of aryl methyl sites for hydroxylation is 1. The molecule has 0 unspecified atom stereocenters. The van der Waals surface area contributed by atoms with E-state index in [1.54, 1.807) is 6.92 Å². The normalized spacial score (nSPS) is 10.1. The molecule has 0 heterocycles. The van der Waals surface area contributed by atoms with E-state index in [2.05, 4.69) is 0 Å². The number of nitrogens with zero attached hydrogens (tertiary/aromatic N) is 1. The number of halogens is 1. The molecular weight excluding hydrogens is 210 g/mol. The van der Waals surface area contributed by atoms with Crippen LogP contribution < -0.4 is 4.90 Å². The van der Waals surface area contributed by atoms with E-state index < -0.39 is 0 Å². The number of carbonyl (C=O) groups is 1. The second-order valence-electron chi connectivity index (χ2n) is 3.87. The van der Waals surface area contributed by atoms with Gasteiger partial charge in [0.1, 0.15) is 5.78 Å². The third kappa shape index (κ3) is 3.56. The van der Waals surface area contributed by atoms with E-state index in [1.807, 2.05) is 37.2 Å². The van der Waals surface area contributed by atoms with Gasteiger partial charge >= 0.3 is 0 Å². The van der Waals surface area contributed by atoms with Crippen LogP contribution in [0.2, 0.25) is 5.02 Å². The molecule has 0 amide bonds. The van der Waals surface area contributed by atoms with Crippen molar-refractivity contribution in [2.45, 2.75) is 19.8 Å². The molecule has 0 atom stereocenters. The van der Waals surface area contributed by atoms with Gasteiger partial charge in [0, 0.05) is 31.2 Å². The summed E-state index contributed by atoms with van der Waals surface area (Å²) in [5.41, 5.74) is 2.11. The Balaban J connectivity index is 2.79. The molecular formula is C12H16ClNO.